The largest absolute Gasteiger partial charge is 0.203 e. The van der Waals surface area contributed by atoms with Crippen molar-refractivity contribution in [1.29, 1.82) is 0 Å². The lowest BCUT2D eigenvalue weighted by molar-refractivity contribution is 0.258. The molecule has 0 aromatic heterocycles. The van der Waals surface area contributed by atoms with E-state index in [1.54, 1.807) is 12.1 Å². The van der Waals surface area contributed by atoms with E-state index in [9.17, 15) is 8.78 Å². The number of benzene rings is 2. The highest BCUT2D eigenvalue weighted by Crippen LogP contribution is 2.34. The fourth-order valence-corrected chi connectivity index (χ4v) is 4.21. The molecule has 1 fully saturated rings. The van der Waals surface area contributed by atoms with E-state index in [0.717, 1.165) is 24.3 Å². The van der Waals surface area contributed by atoms with Crippen LogP contribution >= 0.6 is 0 Å². The van der Waals surface area contributed by atoms with Crippen LogP contribution in [-0.2, 0) is 12.8 Å². The van der Waals surface area contributed by atoms with Crippen LogP contribution in [0.15, 0.2) is 36.4 Å². The van der Waals surface area contributed by atoms with Gasteiger partial charge in [-0.05, 0) is 47.8 Å². The van der Waals surface area contributed by atoms with Gasteiger partial charge in [-0.25, -0.2) is 8.78 Å². The van der Waals surface area contributed by atoms with E-state index >= 15 is 0 Å². The minimum Gasteiger partial charge on any atom is -0.203 e. The molecule has 0 amide bonds. The van der Waals surface area contributed by atoms with Gasteiger partial charge in [0.2, 0.25) is 0 Å². The highest BCUT2D eigenvalue weighted by atomic mass is 19.2. The predicted molar refractivity (Wildman–Crippen MR) is 105 cm³/mol. The molecule has 0 unspecified atom stereocenters. The van der Waals surface area contributed by atoms with E-state index in [1.807, 2.05) is 24.3 Å². The minimum atomic E-state index is -0.707. The Labute approximate surface area is 156 Å². The molecule has 0 heterocycles. The van der Waals surface area contributed by atoms with E-state index in [4.69, 9.17) is 0 Å². The maximum absolute atomic E-state index is 14.6. The molecule has 1 aliphatic carbocycles. The molecule has 2 aromatic rings. The van der Waals surface area contributed by atoms with E-state index in [2.05, 4.69) is 13.8 Å². The molecule has 0 N–H and O–H groups in total. The first-order chi connectivity index (χ1) is 12.6. The summed E-state index contributed by atoms with van der Waals surface area (Å²) >= 11 is 0. The molecule has 2 heteroatoms. The van der Waals surface area contributed by atoms with Crippen LogP contribution in [-0.4, -0.2) is 0 Å². The molecule has 0 radical (unpaired) electrons. The van der Waals surface area contributed by atoms with Crippen LogP contribution < -0.4 is 0 Å². The summed E-state index contributed by atoms with van der Waals surface area (Å²) in [5.74, 6) is 0.172. The first-order valence-electron chi connectivity index (χ1n) is 10.2. The molecule has 0 spiro atoms. The van der Waals surface area contributed by atoms with Crippen molar-refractivity contribution in [2.24, 2.45) is 11.8 Å². The second-order valence-electron chi connectivity index (χ2n) is 7.78. The van der Waals surface area contributed by atoms with Crippen LogP contribution in [0.5, 0.6) is 0 Å². The van der Waals surface area contributed by atoms with E-state index in [0.29, 0.717) is 23.5 Å². The van der Waals surface area contributed by atoms with Gasteiger partial charge in [0.25, 0.3) is 0 Å². The maximum atomic E-state index is 14.6. The number of aryl methyl sites for hydroxylation is 2. The Morgan fingerprint density at radius 2 is 1.46 bits per heavy atom. The summed E-state index contributed by atoms with van der Waals surface area (Å²) in [5.41, 5.74) is 2.82. The Morgan fingerprint density at radius 1 is 0.808 bits per heavy atom. The van der Waals surface area contributed by atoms with Crippen molar-refractivity contribution < 1.29 is 8.78 Å². The SMILES string of the molecule is CCc1ccc(-c2ccc(CC[C@H]3CC[C@H](CC)CC3)c(F)c2F)cc1. The Morgan fingerprint density at radius 3 is 2.08 bits per heavy atom. The highest BCUT2D eigenvalue weighted by molar-refractivity contribution is 5.65. The van der Waals surface area contributed by atoms with Crippen LogP contribution in [0.1, 0.15) is 63.5 Å². The highest BCUT2D eigenvalue weighted by Gasteiger charge is 2.21. The molecule has 26 heavy (non-hydrogen) atoms. The molecule has 3 rings (SSSR count). The molecular formula is C24H30F2. The Kier molecular flexibility index (Phi) is 6.45. The van der Waals surface area contributed by atoms with Gasteiger partial charge in [-0.2, -0.15) is 0 Å². The van der Waals surface area contributed by atoms with Gasteiger partial charge in [0, 0.05) is 5.56 Å². The Hall–Kier alpha value is -1.70. The van der Waals surface area contributed by atoms with E-state index in [-0.39, 0.29) is 0 Å². The van der Waals surface area contributed by atoms with Crippen molar-refractivity contribution in [2.75, 3.05) is 0 Å². The molecule has 0 nitrogen and oxygen atoms in total. The molecule has 0 atom stereocenters. The number of rotatable bonds is 6. The third-order valence-corrected chi connectivity index (χ3v) is 6.20. The van der Waals surface area contributed by atoms with Gasteiger partial charge in [0.05, 0.1) is 0 Å². The molecular weight excluding hydrogens is 326 g/mol. The summed E-state index contributed by atoms with van der Waals surface area (Å²) in [5, 5.41) is 0. The summed E-state index contributed by atoms with van der Waals surface area (Å²) < 4.78 is 29.2. The standard InChI is InChI=1S/C24H30F2/c1-3-17-5-7-19(8-6-17)11-14-21-15-16-22(24(26)23(21)25)20-12-9-18(4-2)10-13-20/h9-10,12-13,15-17,19H,3-8,11,14H2,1-2H3/t17-,19-. The lowest BCUT2D eigenvalue weighted by Crippen LogP contribution is -2.14. The second kappa shape index (κ2) is 8.79. The normalized spacial score (nSPS) is 20.3. The van der Waals surface area contributed by atoms with Crippen molar-refractivity contribution in [3.63, 3.8) is 0 Å². The van der Waals surface area contributed by atoms with Gasteiger partial charge in [-0.3, -0.25) is 0 Å². The van der Waals surface area contributed by atoms with Gasteiger partial charge in [-0.1, -0.05) is 82.3 Å². The Bertz CT molecular complexity index is 710. The van der Waals surface area contributed by atoms with Crippen molar-refractivity contribution in [3.05, 3.63) is 59.2 Å². The first-order valence-corrected chi connectivity index (χ1v) is 10.2. The lowest BCUT2D eigenvalue weighted by Gasteiger charge is -2.27. The third-order valence-electron chi connectivity index (χ3n) is 6.20. The molecule has 1 aliphatic rings. The monoisotopic (exact) mass is 356 g/mol. The van der Waals surface area contributed by atoms with E-state index < -0.39 is 11.6 Å². The van der Waals surface area contributed by atoms with E-state index in [1.165, 1.54) is 37.7 Å². The van der Waals surface area contributed by atoms with Crippen molar-refractivity contribution in [2.45, 2.75) is 65.2 Å². The smallest absolute Gasteiger partial charge is 0.166 e. The summed E-state index contributed by atoms with van der Waals surface area (Å²) in [6.07, 6.45) is 8.89. The molecule has 0 bridgehead atoms. The third kappa shape index (κ3) is 4.34. The van der Waals surface area contributed by atoms with Crippen LogP contribution in [0.2, 0.25) is 0 Å². The summed E-state index contributed by atoms with van der Waals surface area (Å²) in [7, 11) is 0. The zero-order valence-electron chi connectivity index (χ0n) is 16.0. The van der Waals surface area contributed by atoms with Gasteiger partial charge in [0.15, 0.2) is 11.6 Å². The first kappa shape index (κ1) is 19.1. The van der Waals surface area contributed by atoms with Gasteiger partial charge in [-0.15, -0.1) is 0 Å². The zero-order chi connectivity index (χ0) is 18.5. The van der Waals surface area contributed by atoms with Crippen LogP contribution in [0.3, 0.4) is 0 Å². The van der Waals surface area contributed by atoms with Crippen LogP contribution in [0.4, 0.5) is 8.78 Å². The number of hydrogen-bond donors (Lipinski definition) is 0. The zero-order valence-corrected chi connectivity index (χ0v) is 16.0. The maximum Gasteiger partial charge on any atom is 0.166 e. The van der Waals surface area contributed by atoms with Crippen LogP contribution in [0.25, 0.3) is 11.1 Å². The van der Waals surface area contributed by atoms with Crippen molar-refractivity contribution in [3.8, 4) is 11.1 Å². The fourth-order valence-electron chi connectivity index (χ4n) is 4.21. The molecule has 0 aliphatic heterocycles. The topological polar surface area (TPSA) is 0 Å². The van der Waals surface area contributed by atoms with Gasteiger partial charge in [0.1, 0.15) is 0 Å². The summed E-state index contributed by atoms with van der Waals surface area (Å²) in [6.45, 7) is 4.35. The molecule has 0 saturated heterocycles. The lowest BCUT2D eigenvalue weighted by atomic mass is 9.78. The minimum absolute atomic E-state index is 0.359. The number of halogens is 2. The molecule has 1 saturated carbocycles. The predicted octanol–water partition coefficient (Wildman–Crippen LogP) is 7.34. The summed E-state index contributed by atoms with van der Waals surface area (Å²) in [6, 6.07) is 11.2. The fraction of sp³-hybridized carbons (Fsp3) is 0.500. The number of hydrogen-bond acceptors (Lipinski definition) is 0. The van der Waals surface area contributed by atoms with Crippen molar-refractivity contribution in [1.82, 2.24) is 0 Å². The molecule has 2 aromatic carbocycles. The average molecular weight is 356 g/mol. The Balaban J connectivity index is 1.67. The van der Waals surface area contributed by atoms with Gasteiger partial charge >= 0.3 is 0 Å². The van der Waals surface area contributed by atoms with Gasteiger partial charge < -0.3 is 0 Å². The summed E-state index contributed by atoms with van der Waals surface area (Å²) in [4.78, 5) is 0. The second-order valence-corrected chi connectivity index (χ2v) is 7.78. The van der Waals surface area contributed by atoms with Crippen molar-refractivity contribution >= 4 is 0 Å². The average Bonchev–Trinajstić information content (AvgIpc) is 2.69. The quantitative estimate of drug-likeness (QED) is 0.508. The van der Waals surface area contributed by atoms with Crippen LogP contribution in [0, 0.1) is 23.5 Å². The molecule has 140 valence electrons.